The Balaban J connectivity index is 1.82. The Kier molecular flexibility index (Phi) is 3.77. The normalized spacial score (nSPS) is 25.1. The average molecular weight is 239 g/mol. The number of carbonyl (C=O) groups excluding carboxylic acids is 1. The van der Waals surface area contributed by atoms with Gasteiger partial charge in [0.25, 0.3) is 0 Å². The molecule has 0 spiro atoms. The zero-order valence-electron chi connectivity index (χ0n) is 9.40. The highest BCUT2D eigenvalue weighted by Crippen LogP contribution is 2.23. The van der Waals surface area contributed by atoms with E-state index in [0.717, 1.165) is 6.42 Å². The predicted octanol–water partition coefficient (Wildman–Crippen LogP) is 2.84. The minimum absolute atomic E-state index is 0.131. The molecule has 2 amide bonds. The lowest BCUT2D eigenvalue weighted by Crippen LogP contribution is -2.43. The second kappa shape index (κ2) is 5.30. The number of hydrogen-bond acceptors (Lipinski definition) is 3. The molecule has 1 aliphatic carbocycles. The Morgan fingerprint density at radius 3 is 3.00 bits per heavy atom. The van der Waals surface area contributed by atoms with Gasteiger partial charge in [-0.15, -0.1) is 11.3 Å². The number of nitrogens with zero attached hydrogens (tertiary/aromatic N) is 1. The van der Waals surface area contributed by atoms with Gasteiger partial charge in [-0.2, -0.15) is 0 Å². The van der Waals surface area contributed by atoms with E-state index in [1.165, 1.54) is 30.6 Å². The molecule has 1 aliphatic rings. The molecular weight excluding hydrogens is 222 g/mol. The molecule has 0 aliphatic heterocycles. The van der Waals surface area contributed by atoms with Crippen molar-refractivity contribution in [3.05, 3.63) is 11.6 Å². The van der Waals surface area contributed by atoms with Crippen molar-refractivity contribution in [3.8, 4) is 0 Å². The molecule has 4 nitrogen and oxygen atoms in total. The molecule has 1 aromatic rings. The SMILES string of the molecule is C[C@@H]1CCCC[C@@H]1NC(=O)Nc1nccs1. The Labute approximate surface area is 99.5 Å². The maximum atomic E-state index is 11.7. The molecule has 0 aromatic carbocycles. The smallest absolute Gasteiger partial charge is 0.321 e. The summed E-state index contributed by atoms with van der Waals surface area (Å²) in [5, 5.41) is 8.27. The Bertz CT molecular complexity index is 339. The third-order valence-electron chi connectivity index (χ3n) is 3.08. The number of nitrogens with one attached hydrogen (secondary N) is 2. The molecule has 1 aromatic heterocycles. The zero-order valence-corrected chi connectivity index (χ0v) is 10.2. The van der Waals surface area contributed by atoms with Crippen LogP contribution >= 0.6 is 11.3 Å². The Hall–Kier alpha value is -1.10. The van der Waals surface area contributed by atoms with Gasteiger partial charge in [0.1, 0.15) is 0 Å². The second-order valence-electron chi connectivity index (χ2n) is 4.30. The molecule has 1 heterocycles. The standard InChI is InChI=1S/C11H17N3OS/c1-8-4-2-3-5-9(8)13-10(15)14-11-12-6-7-16-11/h6-9H,2-5H2,1H3,(H2,12,13,14,15)/t8-,9+/m1/s1. The van der Waals surface area contributed by atoms with Crippen LogP contribution in [0.2, 0.25) is 0 Å². The molecule has 2 atom stereocenters. The number of anilines is 1. The topological polar surface area (TPSA) is 54.0 Å². The van der Waals surface area contributed by atoms with E-state index in [0.29, 0.717) is 17.1 Å². The van der Waals surface area contributed by atoms with Crippen LogP contribution in [0.1, 0.15) is 32.6 Å². The van der Waals surface area contributed by atoms with Gasteiger partial charge in [0, 0.05) is 17.6 Å². The third-order valence-corrected chi connectivity index (χ3v) is 3.77. The number of hydrogen-bond donors (Lipinski definition) is 2. The van der Waals surface area contributed by atoms with Gasteiger partial charge >= 0.3 is 6.03 Å². The Morgan fingerprint density at radius 2 is 2.31 bits per heavy atom. The summed E-state index contributed by atoms with van der Waals surface area (Å²) >= 11 is 1.43. The minimum atomic E-state index is -0.131. The zero-order chi connectivity index (χ0) is 11.4. The van der Waals surface area contributed by atoms with Crippen LogP contribution in [-0.2, 0) is 0 Å². The maximum absolute atomic E-state index is 11.7. The van der Waals surface area contributed by atoms with Crippen molar-refractivity contribution in [2.24, 2.45) is 5.92 Å². The summed E-state index contributed by atoms with van der Waals surface area (Å²) in [5.74, 6) is 0.579. The summed E-state index contributed by atoms with van der Waals surface area (Å²) in [4.78, 5) is 15.7. The van der Waals surface area contributed by atoms with E-state index in [1.54, 1.807) is 6.20 Å². The van der Waals surface area contributed by atoms with Crippen LogP contribution in [0.4, 0.5) is 9.93 Å². The minimum Gasteiger partial charge on any atom is -0.335 e. The summed E-state index contributed by atoms with van der Waals surface area (Å²) in [6.07, 6.45) is 6.48. The summed E-state index contributed by atoms with van der Waals surface area (Å²) < 4.78 is 0. The van der Waals surface area contributed by atoms with Crippen molar-refractivity contribution in [1.82, 2.24) is 10.3 Å². The molecule has 5 heteroatoms. The molecule has 2 N–H and O–H groups in total. The first-order chi connectivity index (χ1) is 7.75. The van der Waals surface area contributed by atoms with E-state index in [4.69, 9.17) is 0 Å². The number of rotatable bonds is 2. The van der Waals surface area contributed by atoms with Gasteiger partial charge in [0.05, 0.1) is 0 Å². The third kappa shape index (κ3) is 2.95. The fraction of sp³-hybridized carbons (Fsp3) is 0.636. The van der Waals surface area contributed by atoms with Crippen molar-refractivity contribution in [2.75, 3.05) is 5.32 Å². The molecule has 0 bridgehead atoms. The fourth-order valence-electron chi connectivity index (χ4n) is 2.12. The molecule has 88 valence electrons. The lowest BCUT2D eigenvalue weighted by atomic mass is 9.86. The molecule has 0 radical (unpaired) electrons. The first-order valence-corrected chi connectivity index (χ1v) is 6.60. The predicted molar refractivity (Wildman–Crippen MR) is 65.7 cm³/mol. The van der Waals surface area contributed by atoms with Crippen LogP contribution in [0.25, 0.3) is 0 Å². The van der Waals surface area contributed by atoms with Gasteiger partial charge in [-0.1, -0.05) is 19.8 Å². The highest BCUT2D eigenvalue weighted by Gasteiger charge is 2.22. The van der Waals surface area contributed by atoms with Crippen LogP contribution in [-0.4, -0.2) is 17.1 Å². The summed E-state index contributed by atoms with van der Waals surface area (Å²) in [5.41, 5.74) is 0. The molecule has 16 heavy (non-hydrogen) atoms. The average Bonchev–Trinajstić information content (AvgIpc) is 2.74. The number of aromatic nitrogens is 1. The number of urea groups is 1. The van der Waals surface area contributed by atoms with Gasteiger partial charge in [-0.3, -0.25) is 5.32 Å². The molecular formula is C11H17N3OS. The summed E-state index contributed by atoms with van der Waals surface area (Å²) in [6.45, 7) is 2.20. The number of carbonyl (C=O) groups is 1. The van der Waals surface area contributed by atoms with Crippen LogP contribution in [0.3, 0.4) is 0 Å². The lowest BCUT2D eigenvalue weighted by Gasteiger charge is -2.29. The number of amides is 2. The lowest BCUT2D eigenvalue weighted by molar-refractivity contribution is 0.232. The molecule has 0 unspecified atom stereocenters. The van der Waals surface area contributed by atoms with Crippen LogP contribution in [0.15, 0.2) is 11.6 Å². The first kappa shape index (κ1) is 11.4. The summed E-state index contributed by atoms with van der Waals surface area (Å²) in [7, 11) is 0. The Morgan fingerprint density at radius 1 is 1.50 bits per heavy atom. The van der Waals surface area contributed by atoms with E-state index >= 15 is 0 Å². The maximum Gasteiger partial charge on any atom is 0.321 e. The van der Waals surface area contributed by atoms with Gasteiger partial charge in [0.15, 0.2) is 5.13 Å². The monoisotopic (exact) mass is 239 g/mol. The van der Waals surface area contributed by atoms with Gasteiger partial charge < -0.3 is 5.32 Å². The quantitative estimate of drug-likeness (QED) is 0.833. The van der Waals surface area contributed by atoms with E-state index in [1.807, 2.05) is 5.38 Å². The van der Waals surface area contributed by atoms with Crippen LogP contribution in [0.5, 0.6) is 0 Å². The molecule has 1 fully saturated rings. The highest BCUT2D eigenvalue weighted by molar-refractivity contribution is 7.13. The van der Waals surface area contributed by atoms with E-state index in [9.17, 15) is 4.79 Å². The molecule has 0 saturated heterocycles. The van der Waals surface area contributed by atoms with Crippen molar-refractivity contribution >= 4 is 22.5 Å². The van der Waals surface area contributed by atoms with Crippen molar-refractivity contribution in [2.45, 2.75) is 38.6 Å². The summed E-state index contributed by atoms with van der Waals surface area (Å²) in [6, 6.07) is 0.183. The fourth-order valence-corrected chi connectivity index (χ4v) is 2.64. The van der Waals surface area contributed by atoms with Crippen LogP contribution in [0, 0.1) is 5.92 Å². The van der Waals surface area contributed by atoms with Crippen molar-refractivity contribution < 1.29 is 4.79 Å². The van der Waals surface area contributed by atoms with Crippen LogP contribution < -0.4 is 10.6 Å². The van der Waals surface area contributed by atoms with Gasteiger partial charge in [0.2, 0.25) is 0 Å². The van der Waals surface area contributed by atoms with E-state index in [2.05, 4.69) is 22.5 Å². The van der Waals surface area contributed by atoms with Crippen molar-refractivity contribution in [3.63, 3.8) is 0 Å². The second-order valence-corrected chi connectivity index (χ2v) is 5.20. The molecule has 2 rings (SSSR count). The van der Waals surface area contributed by atoms with Gasteiger partial charge in [-0.05, 0) is 18.8 Å². The van der Waals surface area contributed by atoms with E-state index in [-0.39, 0.29) is 6.03 Å². The largest absolute Gasteiger partial charge is 0.335 e. The molecule has 1 saturated carbocycles. The van der Waals surface area contributed by atoms with E-state index < -0.39 is 0 Å². The highest BCUT2D eigenvalue weighted by atomic mass is 32.1. The first-order valence-electron chi connectivity index (χ1n) is 5.72. The number of thiazole rings is 1. The van der Waals surface area contributed by atoms with Crippen molar-refractivity contribution in [1.29, 1.82) is 0 Å². The van der Waals surface area contributed by atoms with Gasteiger partial charge in [-0.25, -0.2) is 9.78 Å².